The average Bonchev–Trinajstić information content (AvgIpc) is 2.80. The summed E-state index contributed by atoms with van der Waals surface area (Å²) in [5, 5.41) is 23.7. The van der Waals surface area contributed by atoms with Crippen LogP contribution in [0, 0.1) is 31.9 Å². The number of non-ortho nitro benzene ring substituents is 1. The van der Waals surface area contributed by atoms with Gasteiger partial charge in [0.15, 0.2) is 0 Å². The molecule has 1 amide bonds. The second-order valence-corrected chi connectivity index (χ2v) is 9.49. The first kappa shape index (κ1) is 25.7. The number of carbonyl (C=O) groups is 1. The van der Waals surface area contributed by atoms with Gasteiger partial charge in [-0.3, -0.25) is 14.9 Å². The van der Waals surface area contributed by atoms with E-state index in [2.05, 4.69) is 43.8 Å². The van der Waals surface area contributed by atoms with Gasteiger partial charge >= 0.3 is 0 Å². The smallest absolute Gasteiger partial charge is 0.269 e. The molecule has 0 bridgehead atoms. The molecule has 0 aliphatic rings. The zero-order valence-corrected chi connectivity index (χ0v) is 22.1. The molecule has 3 aromatic rings. The van der Waals surface area contributed by atoms with Crippen LogP contribution in [0.4, 0.5) is 11.4 Å². The molecule has 0 atom stereocenters. The summed E-state index contributed by atoms with van der Waals surface area (Å²) in [5.74, 6) is -0.00763. The van der Waals surface area contributed by atoms with Crippen molar-refractivity contribution >= 4 is 73.5 Å². The van der Waals surface area contributed by atoms with Crippen molar-refractivity contribution < 1.29 is 14.5 Å². The summed E-state index contributed by atoms with van der Waals surface area (Å²) in [5.41, 5.74) is 2.42. The summed E-state index contributed by atoms with van der Waals surface area (Å²) >= 11 is 11.6. The highest BCUT2D eigenvalue weighted by atomic mass is 127. The van der Waals surface area contributed by atoms with Crippen LogP contribution in [-0.2, 0) is 11.4 Å². The van der Waals surface area contributed by atoms with Crippen molar-refractivity contribution in [3.05, 3.63) is 100 Å². The molecule has 0 radical (unpaired) electrons. The van der Waals surface area contributed by atoms with E-state index in [9.17, 15) is 20.2 Å². The second-order valence-electron chi connectivity index (χ2n) is 7.07. The van der Waals surface area contributed by atoms with Gasteiger partial charge in [0.25, 0.3) is 11.6 Å². The average molecular weight is 653 g/mol. The van der Waals surface area contributed by atoms with Crippen molar-refractivity contribution in [1.29, 1.82) is 5.26 Å². The normalized spacial score (nSPS) is 11.0. The summed E-state index contributed by atoms with van der Waals surface area (Å²) in [6, 6.07) is 16.8. The molecule has 0 saturated heterocycles. The monoisotopic (exact) mass is 651 g/mol. The Morgan fingerprint density at radius 1 is 1.29 bits per heavy atom. The van der Waals surface area contributed by atoms with Crippen LogP contribution >= 0.6 is 50.1 Å². The number of anilines is 1. The molecule has 3 rings (SSSR count). The maximum Gasteiger partial charge on any atom is 0.269 e. The molecule has 3 aromatic carbocycles. The lowest BCUT2D eigenvalue weighted by molar-refractivity contribution is -0.384. The Kier molecular flexibility index (Phi) is 8.66. The maximum absolute atomic E-state index is 12.7. The van der Waals surface area contributed by atoms with Gasteiger partial charge in [0.05, 0.1) is 13.0 Å². The summed E-state index contributed by atoms with van der Waals surface area (Å²) in [7, 11) is 0. The molecule has 0 aliphatic heterocycles. The Labute approximate surface area is 222 Å². The standard InChI is InChI=1S/C24H16BrClIN3O4/c1-14-20(26)6-3-7-22(14)29-24(31)17(12-28)8-16-10-19(25)23(21(27)11-16)34-13-15-4-2-5-18(9-15)30(32)33/h2-11H,13H2,1H3,(H,29,31)/b17-8-. The highest BCUT2D eigenvalue weighted by Crippen LogP contribution is 2.33. The maximum atomic E-state index is 12.7. The van der Waals surface area contributed by atoms with Gasteiger partial charge in [0, 0.05) is 22.8 Å². The lowest BCUT2D eigenvalue weighted by Gasteiger charge is -2.12. The van der Waals surface area contributed by atoms with E-state index in [1.807, 2.05) is 6.07 Å². The fraction of sp³-hybridized carbons (Fsp3) is 0.0833. The number of hydrogen-bond donors (Lipinski definition) is 1. The van der Waals surface area contributed by atoms with Crippen molar-refractivity contribution in [1.82, 2.24) is 0 Å². The number of carbonyl (C=O) groups excluding carboxylic acids is 1. The number of ether oxygens (including phenoxy) is 1. The van der Waals surface area contributed by atoms with Crippen molar-refractivity contribution in [3.8, 4) is 11.8 Å². The molecular weight excluding hydrogens is 637 g/mol. The van der Waals surface area contributed by atoms with Gasteiger partial charge in [-0.05, 0) is 92.5 Å². The van der Waals surface area contributed by atoms with Gasteiger partial charge in [-0.2, -0.15) is 5.26 Å². The number of nitro groups is 1. The van der Waals surface area contributed by atoms with E-state index in [4.69, 9.17) is 16.3 Å². The zero-order chi connectivity index (χ0) is 24.8. The van der Waals surface area contributed by atoms with Crippen molar-refractivity contribution in [2.45, 2.75) is 13.5 Å². The van der Waals surface area contributed by atoms with Gasteiger partial charge in [-0.25, -0.2) is 0 Å². The molecule has 10 heteroatoms. The molecule has 0 heterocycles. The topological polar surface area (TPSA) is 105 Å². The number of nitro benzene ring substituents is 1. The first-order valence-electron chi connectivity index (χ1n) is 9.73. The number of hydrogen-bond acceptors (Lipinski definition) is 5. The third-order valence-corrected chi connectivity index (χ3v) is 6.52. The molecule has 0 fully saturated rings. The predicted octanol–water partition coefficient (Wildman–Crippen LogP) is 7.05. The minimum absolute atomic E-state index is 0.00868. The van der Waals surface area contributed by atoms with Crippen LogP contribution in [0.2, 0.25) is 5.02 Å². The zero-order valence-electron chi connectivity index (χ0n) is 17.6. The van der Waals surface area contributed by atoms with Crippen LogP contribution in [0.1, 0.15) is 16.7 Å². The van der Waals surface area contributed by atoms with Gasteiger partial charge in [0.1, 0.15) is 24.0 Å². The van der Waals surface area contributed by atoms with E-state index in [-0.39, 0.29) is 17.9 Å². The first-order chi connectivity index (χ1) is 16.2. The summed E-state index contributed by atoms with van der Waals surface area (Å²) in [6.07, 6.45) is 1.48. The van der Waals surface area contributed by atoms with Gasteiger partial charge in [-0.15, -0.1) is 0 Å². The van der Waals surface area contributed by atoms with Crippen molar-refractivity contribution in [3.63, 3.8) is 0 Å². The number of nitrogens with zero attached hydrogens (tertiary/aromatic N) is 2. The third kappa shape index (κ3) is 6.34. The van der Waals surface area contributed by atoms with Crippen LogP contribution < -0.4 is 10.1 Å². The van der Waals surface area contributed by atoms with Gasteiger partial charge < -0.3 is 10.1 Å². The molecule has 0 aliphatic carbocycles. The van der Waals surface area contributed by atoms with E-state index in [0.29, 0.717) is 37.6 Å². The molecule has 0 unspecified atom stereocenters. The highest BCUT2D eigenvalue weighted by Gasteiger charge is 2.14. The number of halogens is 3. The van der Waals surface area contributed by atoms with Gasteiger partial charge in [0.2, 0.25) is 0 Å². The highest BCUT2D eigenvalue weighted by molar-refractivity contribution is 14.1. The van der Waals surface area contributed by atoms with E-state index in [1.165, 1.54) is 18.2 Å². The Morgan fingerprint density at radius 2 is 2.03 bits per heavy atom. The van der Waals surface area contributed by atoms with Gasteiger partial charge in [-0.1, -0.05) is 29.8 Å². The summed E-state index contributed by atoms with van der Waals surface area (Å²) in [4.78, 5) is 23.2. The minimum atomic E-state index is -0.551. The van der Waals surface area contributed by atoms with E-state index in [0.717, 1.165) is 3.57 Å². The van der Waals surface area contributed by atoms with E-state index < -0.39 is 10.8 Å². The van der Waals surface area contributed by atoms with Crippen LogP contribution in [-0.4, -0.2) is 10.8 Å². The van der Waals surface area contributed by atoms with Crippen LogP contribution in [0.3, 0.4) is 0 Å². The molecule has 0 aromatic heterocycles. The predicted molar refractivity (Wildman–Crippen MR) is 143 cm³/mol. The van der Waals surface area contributed by atoms with Crippen LogP contribution in [0.5, 0.6) is 5.75 Å². The molecule has 0 spiro atoms. The van der Waals surface area contributed by atoms with E-state index in [1.54, 1.807) is 49.4 Å². The van der Waals surface area contributed by atoms with Crippen LogP contribution in [0.15, 0.2) is 64.6 Å². The fourth-order valence-corrected chi connectivity index (χ4v) is 4.91. The lowest BCUT2D eigenvalue weighted by atomic mass is 10.1. The van der Waals surface area contributed by atoms with Crippen molar-refractivity contribution in [2.75, 3.05) is 5.32 Å². The third-order valence-electron chi connectivity index (χ3n) is 4.72. The Morgan fingerprint density at radius 3 is 2.71 bits per heavy atom. The molecule has 34 heavy (non-hydrogen) atoms. The Balaban J connectivity index is 1.79. The summed E-state index contributed by atoms with van der Waals surface area (Å²) in [6.45, 7) is 1.91. The number of nitrogens with one attached hydrogen (secondary N) is 1. The Bertz CT molecular complexity index is 1330. The fourth-order valence-electron chi connectivity index (χ4n) is 2.96. The largest absolute Gasteiger partial charge is 0.487 e. The molecular formula is C24H16BrClIN3O4. The minimum Gasteiger partial charge on any atom is -0.487 e. The molecule has 1 N–H and O–H groups in total. The summed E-state index contributed by atoms with van der Waals surface area (Å²) < 4.78 is 7.21. The Hall–Kier alpha value is -2.94. The number of amides is 1. The van der Waals surface area contributed by atoms with Crippen LogP contribution in [0.25, 0.3) is 6.08 Å². The lowest BCUT2D eigenvalue weighted by Crippen LogP contribution is -2.14. The van der Waals surface area contributed by atoms with E-state index >= 15 is 0 Å². The molecule has 7 nitrogen and oxygen atoms in total. The number of nitriles is 1. The molecule has 0 saturated carbocycles. The quantitative estimate of drug-likeness (QED) is 0.0969. The molecule has 172 valence electrons. The SMILES string of the molecule is Cc1c(Cl)cccc1NC(=O)/C(C#N)=C\c1cc(Br)c(OCc2cccc([N+](=O)[O-])c2)c(I)c1. The number of benzene rings is 3. The first-order valence-corrected chi connectivity index (χ1v) is 12.0. The second kappa shape index (κ2) is 11.5. The van der Waals surface area contributed by atoms with Crippen molar-refractivity contribution in [2.24, 2.45) is 0 Å². The number of rotatable bonds is 7.